The van der Waals surface area contributed by atoms with Crippen LogP contribution < -0.4 is 4.90 Å². The van der Waals surface area contributed by atoms with E-state index >= 15 is 0 Å². The number of hydrogen-bond acceptors (Lipinski definition) is 4. The molecule has 1 amide bonds. The van der Waals surface area contributed by atoms with E-state index in [4.69, 9.17) is 10.7 Å². The zero-order valence-electron chi connectivity index (χ0n) is 12.9. The van der Waals surface area contributed by atoms with Gasteiger partial charge in [-0.1, -0.05) is 18.6 Å². The number of likely N-dealkylation sites (tertiary alicyclic amines) is 1. The maximum Gasteiger partial charge on any atom is 0.237 e. The van der Waals surface area contributed by atoms with E-state index in [1.807, 2.05) is 24.3 Å². The molecule has 0 saturated carbocycles. The highest BCUT2D eigenvalue weighted by Gasteiger charge is 2.37. The molecule has 0 aliphatic carbocycles. The molecule has 0 N–H and O–H groups in total. The van der Waals surface area contributed by atoms with E-state index in [1.54, 1.807) is 0 Å². The van der Waals surface area contributed by atoms with Gasteiger partial charge in [0.2, 0.25) is 15.0 Å². The number of amides is 1. The van der Waals surface area contributed by atoms with Crippen LogP contribution in [0.1, 0.15) is 31.2 Å². The number of halogens is 1. The van der Waals surface area contributed by atoms with Crippen LogP contribution in [0.5, 0.6) is 0 Å². The number of hydrogen-bond donors (Lipinski definition) is 0. The lowest BCUT2D eigenvalue weighted by Crippen LogP contribution is -2.29. The Morgan fingerprint density at radius 1 is 1.09 bits per heavy atom. The van der Waals surface area contributed by atoms with Gasteiger partial charge in [0.15, 0.2) is 0 Å². The second-order valence-corrected chi connectivity index (χ2v) is 9.22. The zero-order chi connectivity index (χ0) is 16.4. The molecule has 1 atom stereocenters. The van der Waals surface area contributed by atoms with E-state index < -0.39 is 14.3 Å². The van der Waals surface area contributed by atoms with Gasteiger partial charge in [0.05, 0.1) is 0 Å². The third-order valence-corrected chi connectivity index (χ3v) is 6.46. The van der Waals surface area contributed by atoms with Crippen molar-refractivity contribution >= 4 is 31.3 Å². The number of nitrogens with zero attached hydrogens (tertiary/aromatic N) is 2. The fraction of sp³-hybridized carbons (Fsp3) is 0.562. The smallest absolute Gasteiger partial charge is 0.237 e. The summed E-state index contributed by atoms with van der Waals surface area (Å²) in [4.78, 5) is 16.0. The lowest BCUT2D eigenvalue weighted by Gasteiger charge is -2.26. The van der Waals surface area contributed by atoms with Gasteiger partial charge in [-0.3, -0.25) is 9.69 Å². The number of carbonyl (C=O) groups is 1. The third kappa shape index (κ3) is 4.05. The number of anilines is 1. The minimum absolute atomic E-state index is 0.0403. The molecule has 1 aromatic rings. The van der Waals surface area contributed by atoms with Crippen molar-refractivity contribution in [2.24, 2.45) is 0 Å². The largest absolute Gasteiger partial charge is 0.311 e. The summed E-state index contributed by atoms with van der Waals surface area (Å²) >= 11 is 0. The van der Waals surface area contributed by atoms with E-state index in [1.165, 1.54) is 29.7 Å². The number of piperidine rings is 1. The Labute approximate surface area is 141 Å². The van der Waals surface area contributed by atoms with Crippen LogP contribution in [0.3, 0.4) is 0 Å². The fourth-order valence-electron chi connectivity index (χ4n) is 3.27. The number of benzene rings is 1. The zero-order valence-corrected chi connectivity index (χ0v) is 14.5. The van der Waals surface area contributed by atoms with Crippen LogP contribution in [-0.4, -0.2) is 44.1 Å². The van der Waals surface area contributed by atoms with Gasteiger partial charge in [-0.2, -0.15) is 0 Å². The minimum Gasteiger partial charge on any atom is -0.311 e. The normalized spacial score (nSPS) is 23.4. The molecule has 0 spiro atoms. The summed E-state index contributed by atoms with van der Waals surface area (Å²) in [6.07, 6.45) is 3.79. The molecule has 3 rings (SSSR count). The van der Waals surface area contributed by atoms with Crippen molar-refractivity contribution in [3.63, 3.8) is 0 Å². The van der Waals surface area contributed by atoms with Crippen LogP contribution in [0.4, 0.5) is 5.69 Å². The molecule has 5 nitrogen and oxygen atoms in total. The van der Waals surface area contributed by atoms with E-state index in [-0.39, 0.29) is 18.9 Å². The summed E-state index contributed by atoms with van der Waals surface area (Å²) in [5, 5.41) is -0.815. The van der Waals surface area contributed by atoms with Gasteiger partial charge < -0.3 is 4.90 Å². The SMILES string of the molecule is O=C1CC(S(=O)(=O)Cl)CN1c1ccc(CN2CCCCC2)cc1. The highest BCUT2D eigenvalue weighted by atomic mass is 35.7. The molecular weight excluding hydrogens is 336 g/mol. The Bertz CT molecular complexity index is 669. The first-order valence-corrected chi connectivity index (χ1v) is 10.4. The number of carbonyl (C=O) groups excluding carboxylic acids is 1. The lowest BCUT2D eigenvalue weighted by atomic mass is 10.1. The second-order valence-electron chi connectivity index (χ2n) is 6.31. The molecule has 0 radical (unpaired) electrons. The second kappa shape index (κ2) is 6.79. The Kier molecular flexibility index (Phi) is 4.94. The predicted octanol–water partition coefficient (Wildman–Crippen LogP) is 2.35. The summed E-state index contributed by atoms with van der Waals surface area (Å²) in [6.45, 7) is 3.34. The van der Waals surface area contributed by atoms with Crippen molar-refractivity contribution < 1.29 is 13.2 Å². The summed E-state index contributed by atoms with van der Waals surface area (Å²) in [5.41, 5.74) is 1.95. The summed E-state index contributed by atoms with van der Waals surface area (Å²) in [6, 6.07) is 7.81. The van der Waals surface area contributed by atoms with Crippen molar-refractivity contribution in [3.05, 3.63) is 29.8 Å². The number of rotatable bonds is 4. The summed E-state index contributed by atoms with van der Waals surface area (Å²) < 4.78 is 22.8. The third-order valence-electron chi connectivity index (χ3n) is 4.59. The fourth-order valence-corrected chi connectivity index (χ4v) is 4.30. The molecular formula is C16H21ClN2O3S. The highest BCUT2D eigenvalue weighted by Crippen LogP contribution is 2.27. The first-order chi connectivity index (χ1) is 10.9. The van der Waals surface area contributed by atoms with E-state index in [0.717, 1.165) is 25.3 Å². The topological polar surface area (TPSA) is 57.7 Å². The average Bonchev–Trinajstić information content (AvgIpc) is 2.91. The molecule has 0 bridgehead atoms. The molecule has 2 heterocycles. The van der Waals surface area contributed by atoms with Crippen LogP contribution in [0, 0.1) is 0 Å². The molecule has 2 aliphatic rings. The van der Waals surface area contributed by atoms with Gasteiger partial charge >= 0.3 is 0 Å². The molecule has 23 heavy (non-hydrogen) atoms. The highest BCUT2D eigenvalue weighted by molar-refractivity contribution is 8.14. The van der Waals surface area contributed by atoms with Crippen molar-refractivity contribution in [1.29, 1.82) is 0 Å². The average molecular weight is 357 g/mol. The Morgan fingerprint density at radius 3 is 2.30 bits per heavy atom. The Morgan fingerprint density at radius 2 is 1.74 bits per heavy atom. The maximum absolute atomic E-state index is 12.0. The van der Waals surface area contributed by atoms with Crippen molar-refractivity contribution in [2.45, 2.75) is 37.5 Å². The van der Waals surface area contributed by atoms with Crippen molar-refractivity contribution in [1.82, 2.24) is 4.90 Å². The van der Waals surface area contributed by atoms with Gasteiger partial charge in [-0.05, 0) is 43.6 Å². The predicted molar refractivity (Wildman–Crippen MR) is 91.1 cm³/mol. The van der Waals surface area contributed by atoms with E-state index in [2.05, 4.69) is 4.90 Å². The standard InChI is InChI=1S/C16H21ClN2O3S/c17-23(21,22)15-10-16(20)19(12-15)14-6-4-13(5-7-14)11-18-8-2-1-3-9-18/h4-7,15H,1-3,8-12H2. The molecule has 1 unspecified atom stereocenters. The summed E-state index contributed by atoms with van der Waals surface area (Å²) in [7, 11) is 1.68. The van der Waals surface area contributed by atoms with Gasteiger partial charge in [-0.25, -0.2) is 8.42 Å². The van der Waals surface area contributed by atoms with Crippen LogP contribution in [-0.2, 0) is 20.4 Å². The van der Waals surface area contributed by atoms with Crippen LogP contribution >= 0.6 is 10.7 Å². The molecule has 0 aromatic heterocycles. The lowest BCUT2D eigenvalue weighted by molar-refractivity contribution is -0.117. The first-order valence-electron chi connectivity index (χ1n) is 7.98. The maximum atomic E-state index is 12.0. The van der Waals surface area contributed by atoms with Gasteiger partial charge in [0.1, 0.15) is 5.25 Å². The van der Waals surface area contributed by atoms with Gasteiger partial charge in [0.25, 0.3) is 0 Å². The van der Waals surface area contributed by atoms with E-state index in [0.29, 0.717) is 0 Å². The Balaban J connectivity index is 1.66. The Hall–Kier alpha value is -1.11. The van der Waals surface area contributed by atoms with Gasteiger partial charge in [-0.15, -0.1) is 0 Å². The van der Waals surface area contributed by atoms with E-state index in [9.17, 15) is 13.2 Å². The van der Waals surface area contributed by atoms with Crippen LogP contribution in [0.25, 0.3) is 0 Å². The van der Waals surface area contributed by atoms with Gasteiger partial charge in [0, 0.05) is 35.9 Å². The van der Waals surface area contributed by atoms with Crippen molar-refractivity contribution in [2.75, 3.05) is 24.5 Å². The minimum atomic E-state index is -3.70. The summed E-state index contributed by atoms with van der Waals surface area (Å²) in [5.74, 6) is -0.192. The molecule has 126 valence electrons. The van der Waals surface area contributed by atoms with Crippen LogP contribution in [0.2, 0.25) is 0 Å². The molecule has 2 saturated heterocycles. The monoisotopic (exact) mass is 356 g/mol. The molecule has 2 fully saturated rings. The van der Waals surface area contributed by atoms with Crippen molar-refractivity contribution in [3.8, 4) is 0 Å². The molecule has 2 aliphatic heterocycles. The first kappa shape index (κ1) is 16.7. The van der Waals surface area contributed by atoms with Crippen LogP contribution in [0.15, 0.2) is 24.3 Å². The molecule has 7 heteroatoms. The quantitative estimate of drug-likeness (QED) is 0.777. The molecule has 1 aromatic carbocycles.